The molecule has 1 aromatic carbocycles. The van der Waals surface area contributed by atoms with Gasteiger partial charge in [0.2, 0.25) is 5.95 Å². The predicted molar refractivity (Wildman–Crippen MR) is 139 cm³/mol. The molecular weight excluding hydrogens is 494 g/mol. The van der Waals surface area contributed by atoms with Crippen molar-refractivity contribution in [3.05, 3.63) is 47.3 Å². The first-order valence-electron chi connectivity index (χ1n) is 13.4. The molecule has 3 fully saturated rings. The van der Waals surface area contributed by atoms with Crippen LogP contribution in [-0.4, -0.2) is 70.1 Å². The van der Waals surface area contributed by atoms with Gasteiger partial charge in [0, 0.05) is 44.4 Å². The molecule has 3 heterocycles. The Morgan fingerprint density at radius 2 is 1.79 bits per heavy atom. The van der Waals surface area contributed by atoms with Gasteiger partial charge in [-0.2, -0.15) is 0 Å². The van der Waals surface area contributed by atoms with Gasteiger partial charge in [0.05, 0.1) is 30.6 Å². The normalized spacial score (nSPS) is 20.7. The van der Waals surface area contributed by atoms with Crippen molar-refractivity contribution in [1.82, 2.24) is 14.9 Å². The number of rotatable bonds is 6. The number of carbonyl (C=O) groups excluding carboxylic acids is 1. The number of aliphatic hydroxyl groups is 1. The largest absolute Gasteiger partial charge is 0.392 e. The standard InChI is InChI=1S/C27H34F2N6O3/c1-2-17-13-30-26(31-14-17)34-9-7-21(8-10-34)38-33-19-5-3-18(4-6-19)22-11-24(29)25(12-23(22)28)32-27(37)35-15-20(36)16-35/h11-14,18,20-21,36H,2-10,15-16H2,1H3,(H,32,37). The second-order valence-electron chi connectivity index (χ2n) is 10.3. The first-order chi connectivity index (χ1) is 18.4. The van der Waals surface area contributed by atoms with Crippen molar-refractivity contribution in [1.29, 1.82) is 0 Å². The van der Waals surface area contributed by atoms with E-state index in [1.807, 2.05) is 12.4 Å². The number of carbonyl (C=O) groups is 1. The summed E-state index contributed by atoms with van der Waals surface area (Å²) in [6.45, 7) is 4.07. The average Bonchev–Trinajstić information content (AvgIpc) is 2.92. The molecule has 0 atom stereocenters. The van der Waals surface area contributed by atoms with Crippen LogP contribution in [0, 0.1) is 11.6 Å². The molecule has 9 nitrogen and oxygen atoms in total. The number of oxime groups is 1. The zero-order valence-electron chi connectivity index (χ0n) is 21.6. The number of aliphatic hydroxyl groups excluding tert-OH is 1. The lowest BCUT2D eigenvalue weighted by Crippen LogP contribution is -2.54. The predicted octanol–water partition coefficient (Wildman–Crippen LogP) is 4.22. The molecule has 1 saturated carbocycles. The minimum Gasteiger partial charge on any atom is -0.392 e. The lowest BCUT2D eigenvalue weighted by molar-refractivity contribution is 0.0308. The summed E-state index contributed by atoms with van der Waals surface area (Å²) in [6.07, 6.45) is 8.46. The lowest BCUT2D eigenvalue weighted by atomic mass is 9.83. The van der Waals surface area contributed by atoms with Gasteiger partial charge >= 0.3 is 6.03 Å². The number of β-amino-alcohol motifs (C(OH)–C–C–N with tert-alkyl or cyclic N) is 1. The third-order valence-corrected chi connectivity index (χ3v) is 7.64. The van der Waals surface area contributed by atoms with Crippen molar-refractivity contribution in [2.75, 3.05) is 36.4 Å². The number of aromatic nitrogens is 2. The summed E-state index contributed by atoms with van der Waals surface area (Å²) in [5.41, 5.74) is 2.19. The topological polar surface area (TPSA) is 103 Å². The zero-order chi connectivity index (χ0) is 26.6. The Morgan fingerprint density at radius 3 is 2.42 bits per heavy atom. The number of halogens is 2. The van der Waals surface area contributed by atoms with Crippen molar-refractivity contribution in [2.45, 2.75) is 70.0 Å². The lowest BCUT2D eigenvalue weighted by Gasteiger charge is -2.35. The Morgan fingerprint density at radius 1 is 1.11 bits per heavy atom. The summed E-state index contributed by atoms with van der Waals surface area (Å²) >= 11 is 0. The summed E-state index contributed by atoms with van der Waals surface area (Å²) in [4.78, 5) is 30.4. The van der Waals surface area contributed by atoms with Gasteiger partial charge in [-0.1, -0.05) is 12.1 Å². The van der Waals surface area contributed by atoms with Crippen LogP contribution in [0.5, 0.6) is 0 Å². The molecule has 2 aliphatic heterocycles. The number of urea groups is 1. The minimum atomic E-state index is -0.670. The Kier molecular flexibility index (Phi) is 8.01. The second kappa shape index (κ2) is 11.6. The van der Waals surface area contributed by atoms with Crippen LogP contribution in [0.4, 0.5) is 25.2 Å². The number of aryl methyl sites for hydroxylation is 1. The molecule has 0 spiro atoms. The quantitative estimate of drug-likeness (QED) is 0.544. The third kappa shape index (κ3) is 6.03. The highest BCUT2D eigenvalue weighted by molar-refractivity contribution is 5.90. The fourth-order valence-corrected chi connectivity index (χ4v) is 5.14. The van der Waals surface area contributed by atoms with E-state index in [0.717, 1.165) is 55.6 Å². The van der Waals surface area contributed by atoms with E-state index in [1.165, 1.54) is 11.0 Å². The molecule has 2 N–H and O–H groups in total. The Balaban J connectivity index is 1.09. The summed E-state index contributed by atoms with van der Waals surface area (Å²) < 4.78 is 29.5. The first kappa shape index (κ1) is 26.3. The molecule has 38 heavy (non-hydrogen) atoms. The molecule has 0 unspecified atom stereocenters. The summed E-state index contributed by atoms with van der Waals surface area (Å²) in [7, 11) is 0. The van der Waals surface area contributed by atoms with Gasteiger partial charge in [0.25, 0.3) is 0 Å². The number of amides is 2. The van der Waals surface area contributed by atoms with Crippen LogP contribution in [0.15, 0.2) is 29.7 Å². The molecular formula is C27H34F2N6O3. The van der Waals surface area contributed by atoms with Crippen LogP contribution in [0.2, 0.25) is 0 Å². The monoisotopic (exact) mass is 528 g/mol. The van der Waals surface area contributed by atoms with Crippen molar-refractivity contribution in [3.63, 3.8) is 0 Å². The van der Waals surface area contributed by atoms with E-state index in [2.05, 4.69) is 32.3 Å². The maximum atomic E-state index is 14.9. The molecule has 2 aromatic rings. The SMILES string of the molecule is CCc1cnc(N2CCC(ON=C3CCC(c4cc(F)c(NC(=O)N5CC(O)C5)cc4F)CC3)CC2)nc1. The van der Waals surface area contributed by atoms with Crippen molar-refractivity contribution in [3.8, 4) is 0 Å². The number of benzene rings is 1. The van der Waals surface area contributed by atoms with Gasteiger partial charge in [0.15, 0.2) is 0 Å². The first-order valence-corrected chi connectivity index (χ1v) is 13.4. The molecule has 11 heteroatoms. The second-order valence-corrected chi connectivity index (χ2v) is 10.3. The van der Waals surface area contributed by atoms with Crippen LogP contribution in [0.1, 0.15) is 62.5 Å². The van der Waals surface area contributed by atoms with Crippen LogP contribution >= 0.6 is 0 Å². The number of nitrogens with one attached hydrogen (secondary N) is 1. The highest BCUT2D eigenvalue weighted by atomic mass is 19.1. The van der Waals surface area contributed by atoms with Crippen molar-refractivity contribution >= 4 is 23.4 Å². The maximum Gasteiger partial charge on any atom is 0.322 e. The van der Waals surface area contributed by atoms with Gasteiger partial charge in [-0.15, -0.1) is 0 Å². The van der Waals surface area contributed by atoms with Crippen LogP contribution in [-0.2, 0) is 11.3 Å². The van der Waals surface area contributed by atoms with Gasteiger partial charge in [-0.25, -0.2) is 23.5 Å². The van der Waals surface area contributed by atoms with Crippen LogP contribution in [0.3, 0.4) is 0 Å². The highest BCUT2D eigenvalue weighted by Crippen LogP contribution is 2.35. The van der Waals surface area contributed by atoms with E-state index in [0.29, 0.717) is 31.2 Å². The minimum absolute atomic E-state index is 0.0419. The number of hydrogen-bond donors (Lipinski definition) is 2. The molecule has 5 rings (SSSR count). The number of nitrogens with zero attached hydrogens (tertiary/aromatic N) is 5. The van der Waals surface area contributed by atoms with E-state index >= 15 is 0 Å². The summed E-state index contributed by atoms with van der Waals surface area (Å²) in [6, 6.07) is 1.68. The van der Waals surface area contributed by atoms with E-state index in [9.17, 15) is 18.7 Å². The third-order valence-electron chi connectivity index (χ3n) is 7.64. The number of hydrogen-bond acceptors (Lipinski definition) is 7. The maximum absolute atomic E-state index is 14.9. The average molecular weight is 529 g/mol. The smallest absolute Gasteiger partial charge is 0.322 e. The Hall–Kier alpha value is -3.34. The number of likely N-dealkylation sites (tertiary alicyclic amines) is 1. The van der Waals surface area contributed by atoms with Crippen LogP contribution < -0.4 is 10.2 Å². The van der Waals surface area contributed by atoms with Crippen LogP contribution in [0.25, 0.3) is 0 Å². The van der Waals surface area contributed by atoms with Gasteiger partial charge in [-0.05, 0) is 55.2 Å². The molecule has 3 aliphatic rings. The van der Waals surface area contributed by atoms with Gasteiger partial charge in [0.1, 0.15) is 17.7 Å². The summed E-state index contributed by atoms with van der Waals surface area (Å²) in [5, 5.41) is 16.1. The van der Waals surface area contributed by atoms with Gasteiger partial charge in [-0.3, -0.25) is 0 Å². The zero-order valence-corrected chi connectivity index (χ0v) is 21.6. The molecule has 2 amide bonds. The summed E-state index contributed by atoms with van der Waals surface area (Å²) in [5.74, 6) is -0.579. The number of piperidine rings is 1. The molecule has 0 bridgehead atoms. The van der Waals surface area contributed by atoms with E-state index in [-0.39, 0.29) is 30.8 Å². The molecule has 1 aromatic heterocycles. The fraction of sp³-hybridized carbons (Fsp3) is 0.556. The molecule has 1 aliphatic carbocycles. The van der Waals surface area contributed by atoms with E-state index in [4.69, 9.17) is 4.84 Å². The number of anilines is 2. The Bertz CT molecular complexity index is 1150. The van der Waals surface area contributed by atoms with E-state index < -0.39 is 23.8 Å². The molecule has 204 valence electrons. The van der Waals surface area contributed by atoms with Gasteiger partial charge < -0.3 is 25.1 Å². The molecule has 0 radical (unpaired) electrons. The van der Waals surface area contributed by atoms with E-state index in [1.54, 1.807) is 0 Å². The fourth-order valence-electron chi connectivity index (χ4n) is 5.14. The van der Waals surface area contributed by atoms with Crippen molar-refractivity contribution in [2.24, 2.45) is 5.16 Å². The molecule has 2 saturated heterocycles. The van der Waals surface area contributed by atoms with Crippen molar-refractivity contribution < 1.29 is 23.5 Å². The highest BCUT2D eigenvalue weighted by Gasteiger charge is 2.30. The Labute approximate surface area is 220 Å².